The van der Waals surface area contributed by atoms with Crippen molar-refractivity contribution in [1.29, 1.82) is 0 Å². The van der Waals surface area contributed by atoms with Gasteiger partial charge in [0, 0.05) is 68.3 Å². The summed E-state index contributed by atoms with van der Waals surface area (Å²) in [7, 11) is 3.12. The molecule has 0 saturated carbocycles. The van der Waals surface area contributed by atoms with Crippen molar-refractivity contribution in [2.24, 2.45) is 11.5 Å². The van der Waals surface area contributed by atoms with Gasteiger partial charge in [-0.1, -0.05) is 45.9 Å². The lowest BCUT2D eigenvalue weighted by Gasteiger charge is -2.13. The van der Waals surface area contributed by atoms with E-state index in [-0.39, 0.29) is 11.8 Å². The van der Waals surface area contributed by atoms with Crippen LogP contribution in [0.4, 0.5) is 0 Å². The number of primary amides is 2. The Morgan fingerprint density at radius 2 is 0.896 bits per heavy atom. The van der Waals surface area contributed by atoms with Gasteiger partial charge in [0.15, 0.2) is 0 Å². The third-order valence-electron chi connectivity index (χ3n) is 7.61. The summed E-state index contributed by atoms with van der Waals surface area (Å²) < 4.78 is 0. The highest BCUT2D eigenvalue weighted by Gasteiger charge is 2.14. The predicted molar refractivity (Wildman–Crippen MR) is 187 cm³/mol. The second kappa shape index (κ2) is 14.4. The summed E-state index contributed by atoms with van der Waals surface area (Å²) in [5.74, 6) is -1.63. The minimum Gasteiger partial charge on any atom is -0.366 e. The summed E-state index contributed by atoms with van der Waals surface area (Å²) >= 11 is 0. The number of rotatable bonds is 11. The number of hydrogen-bond donors (Lipinski definition) is 4. The molecular formula is C36H28N6O4S2. The lowest BCUT2D eigenvalue weighted by atomic mass is 10.1. The maximum atomic E-state index is 12.8. The molecule has 0 aliphatic heterocycles. The maximum absolute atomic E-state index is 12.8. The Labute approximate surface area is 283 Å². The van der Waals surface area contributed by atoms with Crippen LogP contribution in [0.15, 0.2) is 119 Å². The lowest BCUT2D eigenvalue weighted by Crippen LogP contribution is -2.23. The molecule has 48 heavy (non-hydrogen) atoms. The van der Waals surface area contributed by atoms with Crippen LogP contribution in [0.25, 0.3) is 21.8 Å². The van der Waals surface area contributed by atoms with E-state index >= 15 is 0 Å². The summed E-state index contributed by atoms with van der Waals surface area (Å²) in [6, 6.07) is 28.0. The topological polar surface area (TPSA) is 170 Å². The molecule has 0 unspecified atom stereocenters. The number of pyridine rings is 2. The van der Waals surface area contributed by atoms with Gasteiger partial charge in [0.25, 0.3) is 11.8 Å². The van der Waals surface area contributed by atoms with Crippen molar-refractivity contribution in [1.82, 2.24) is 20.6 Å². The van der Waals surface area contributed by atoms with Crippen LogP contribution in [0.3, 0.4) is 0 Å². The molecule has 2 heterocycles. The molecular weight excluding hydrogens is 645 g/mol. The van der Waals surface area contributed by atoms with Gasteiger partial charge in [-0.3, -0.25) is 29.1 Å². The molecule has 0 aliphatic carbocycles. The number of amides is 4. The molecule has 0 aliphatic rings. The number of nitrogens with one attached hydrogen (secondary N) is 2. The van der Waals surface area contributed by atoms with Gasteiger partial charge in [0.05, 0.1) is 11.0 Å². The summed E-state index contributed by atoms with van der Waals surface area (Å²) in [4.78, 5) is 59.4. The molecule has 238 valence electrons. The number of aromatic nitrogens is 2. The fourth-order valence-electron chi connectivity index (χ4n) is 5.07. The van der Waals surface area contributed by atoms with Crippen molar-refractivity contribution in [2.45, 2.75) is 22.9 Å². The maximum Gasteiger partial charge on any atom is 0.251 e. The summed E-state index contributed by atoms with van der Waals surface area (Å²) in [6.07, 6.45) is 3.48. The van der Waals surface area contributed by atoms with E-state index in [4.69, 9.17) is 11.5 Å². The molecule has 0 fully saturated rings. The number of fused-ring (bicyclic) bond motifs is 2. The Morgan fingerprint density at radius 1 is 0.521 bits per heavy atom. The molecule has 0 spiro atoms. The first-order valence-corrected chi connectivity index (χ1v) is 16.9. The second-order valence-corrected chi connectivity index (χ2v) is 12.9. The van der Waals surface area contributed by atoms with Gasteiger partial charge in [-0.25, -0.2) is 0 Å². The van der Waals surface area contributed by atoms with Crippen molar-refractivity contribution in [3.63, 3.8) is 0 Å². The number of nitrogens with two attached hydrogens (primary N) is 2. The third kappa shape index (κ3) is 7.14. The Bertz CT molecular complexity index is 2030. The molecule has 4 aromatic carbocycles. The normalized spacial score (nSPS) is 10.9. The fourth-order valence-corrected chi connectivity index (χ4v) is 7.33. The smallest absolute Gasteiger partial charge is 0.251 e. The quantitative estimate of drug-likeness (QED) is 0.128. The Hall–Kier alpha value is -5.72. The fraction of sp³-hybridized carbons (Fsp3) is 0.0556. The third-order valence-corrected chi connectivity index (χ3v) is 10.0. The highest BCUT2D eigenvalue weighted by Crippen LogP contribution is 2.43. The van der Waals surface area contributed by atoms with Crippen LogP contribution in [0.2, 0.25) is 0 Å². The molecule has 6 rings (SSSR count). The van der Waals surface area contributed by atoms with Crippen LogP contribution >= 0.6 is 21.6 Å². The standard InChI is InChI=1S/C36H28N6O4S2/c37-33(43)21-5-9-23(10-6-21)35(45)41-19-25-13-15-29(31-27(25)3-1-17-39-31)47-48-30-16-14-26(28-4-2-18-40-32(28)30)20-42-36(46)24-11-7-22(8-12-24)34(38)44/h1-18H,19-20H2,(H2,37,43)(H2,38,44)(H,41,45)(H,42,46). The lowest BCUT2D eigenvalue weighted by molar-refractivity contribution is 0.0942. The van der Waals surface area contributed by atoms with Crippen molar-refractivity contribution >= 4 is 67.0 Å². The van der Waals surface area contributed by atoms with E-state index in [1.165, 1.54) is 24.3 Å². The minimum absolute atomic E-state index is 0.265. The SMILES string of the molecule is NC(=O)c1ccc(C(=O)NCc2ccc(SSc3ccc(CNC(=O)c4ccc(C(N)=O)cc4)c4cccnc34)c3ncccc23)cc1. The Balaban J connectivity index is 1.15. The highest BCUT2D eigenvalue weighted by atomic mass is 33.1. The predicted octanol–water partition coefficient (Wildman–Crippen LogP) is 5.64. The van der Waals surface area contributed by atoms with Crippen LogP contribution in [-0.2, 0) is 13.1 Å². The average Bonchev–Trinajstić information content (AvgIpc) is 3.12. The van der Waals surface area contributed by atoms with Gasteiger partial charge < -0.3 is 22.1 Å². The zero-order valence-corrected chi connectivity index (χ0v) is 26.9. The van der Waals surface area contributed by atoms with Crippen molar-refractivity contribution in [3.05, 3.63) is 143 Å². The van der Waals surface area contributed by atoms with E-state index in [1.54, 1.807) is 58.2 Å². The van der Waals surface area contributed by atoms with E-state index in [0.29, 0.717) is 35.3 Å². The monoisotopic (exact) mass is 672 g/mol. The Kier molecular flexibility index (Phi) is 9.65. The van der Waals surface area contributed by atoms with Crippen LogP contribution in [0, 0.1) is 0 Å². The van der Waals surface area contributed by atoms with Gasteiger partial charge in [-0.2, -0.15) is 0 Å². The minimum atomic E-state index is -0.549. The summed E-state index contributed by atoms with van der Waals surface area (Å²) in [6.45, 7) is 0.587. The largest absolute Gasteiger partial charge is 0.366 e. The van der Waals surface area contributed by atoms with E-state index in [1.807, 2.05) is 48.5 Å². The van der Waals surface area contributed by atoms with Crippen LogP contribution < -0.4 is 22.1 Å². The van der Waals surface area contributed by atoms with Crippen LogP contribution in [0.5, 0.6) is 0 Å². The molecule has 2 aromatic heterocycles. The highest BCUT2D eigenvalue weighted by molar-refractivity contribution is 8.76. The van der Waals surface area contributed by atoms with Crippen molar-refractivity contribution in [3.8, 4) is 0 Å². The first-order chi connectivity index (χ1) is 23.3. The zero-order chi connectivity index (χ0) is 33.6. The first kappa shape index (κ1) is 32.2. The van der Waals surface area contributed by atoms with E-state index < -0.39 is 11.8 Å². The molecule has 0 saturated heterocycles. The summed E-state index contributed by atoms with van der Waals surface area (Å²) in [5, 5.41) is 7.73. The molecule has 10 nitrogen and oxygen atoms in total. The number of hydrogen-bond acceptors (Lipinski definition) is 8. The summed E-state index contributed by atoms with van der Waals surface area (Å²) in [5.41, 5.74) is 15.6. The molecule has 6 N–H and O–H groups in total. The Morgan fingerprint density at radius 3 is 1.27 bits per heavy atom. The first-order valence-electron chi connectivity index (χ1n) is 14.7. The number of carbonyl (C=O) groups excluding carboxylic acids is 4. The van der Waals surface area contributed by atoms with E-state index in [2.05, 4.69) is 20.6 Å². The van der Waals surface area contributed by atoms with Gasteiger partial charge in [0.2, 0.25) is 11.8 Å². The van der Waals surface area contributed by atoms with Gasteiger partial charge in [0.1, 0.15) is 0 Å². The number of nitrogens with zero attached hydrogens (tertiary/aromatic N) is 2. The van der Waals surface area contributed by atoms with Crippen molar-refractivity contribution < 1.29 is 19.2 Å². The molecule has 0 bridgehead atoms. The molecule has 0 atom stereocenters. The average molecular weight is 673 g/mol. The van der Waals surface area contributed by atoms with E-state index in [9.17, 15) is 19.2 Å². The molecule has 6 aromatic rings. The van der Waals surface area contributed by atoms with Gasteiger partial charge in [-0.05, 0) is 83.9 Å². The molecule has 12 heteroatoms. The molecule has 4 amide bonds. The van der Waals surface area contributed by atoms with Crippen molar-refractivity contribution in [2.75, 3.05) is 0 Å². The number of carbonyl (C=O) groups is 4. The van der Waals surface area contributed by atoms with Gasteiger partial charge >= 0.3 is 0 Å². The second-order valence-electron chi connectivity index (χ2n) is 10.7. The zero-order valence-electron chi connectivity index (χ0n) is 25.3. The number of benzene rings is 4. The van der Waals surface area contributed by atoms with Crippen LogP contribution in [-0.4, -0.2) is 33.6 Å². The van der Waals surface area contributed by atoms with Crippen LogP contribution in [0.1, 0.15) is 52.6 Å². The van der Waals surface area contributed by atoms with Gasteiger partial charge in [-0.15, -0.1) is 0 Å². The molecule has 0 radical (unpaired) electrons. The van der Waals surface area contributed by atoms with E-state index in [0.717, 1.165) is 42.7 Å².